The number of urea groups is 1. The molecule has 138 valence electrons. The number of rotatable bonds is 4. The zero-order valence-corrected chi connectivity index (χ0v) is 15.1. The van der Waals surface area contributed by atoms with Crippen LogP contribution >= 0.6 is 0 Å². The summed E-state index contributed by atoms with van der Waals surface area (Å²) in [5.41, 5.74) is 1.77. The van der Waals surface area contributed by atoms with Crippen molar-refractivity contribution in [1.82, 2.24) is 20.0 Å². The summed E-state index contributed by atoms with van der Waals surface area (Å²) in [4.78, 5) is 28.6. The van der Waals surface area contributed by atoms with Gasteiger partial charge < -0.3 is 20.4 Å². The van der Waals surface area contributed by atoms with Crippen LogP contribution in [0, 0.1) is 0 Å². The van der Waals surface area contributed by atoms with Crippen LogP contribution in [0.25, 0.3) is 0 Å². The minimum Gasteiger partial charge on any atom is -0.368 e. The Kier molecular flexibility index (Phi) is 5.40. The van der Waals surface area contributed by atoms with Crippen molar-refractivity contribution < 1.29 is 9.59 Å². The molecule has 2 heterocycles. The zero-order valence-electron chi connectivity index (χ0n) is 15.1. The highest BCUT2D eigenvalue weighted by atomic mass is 16.2. The topological polar surface area (TPSA) is 82.5 Å². The van der Waals surface area contributed by atoms with E-state index in [9.17, 15) is 9.59 Å². The number of para-hydroxylation sites is 1. The molecule has 0 unspecified atom stereocenters. The van der Waals surface area contributed by atoms with E-state index in [4.69, 9.17) is 0 Å². The lowest BCUT2D eigenvalue weighted by Gasteiger charge is -2.36. The van der Waals surface area contributed by atoms with Crippen molar-refractivity contribution in [2.75, 3.05) is 36.4 Å². The van der Waals surface area contributed by atoms with Crippen LogP contribution in [0.15, 0.2) is 42.7 Å². The third-order valence-electron chi connectivity index (χ3n) is 4.39. The molecular formula is C18H24N6O2. The second-order valence-electron chi connectivity index (χ2n) is 6.37. The fourth-order valence-electron chi connectivity index (χ4n) is 2.88. The molecule has 0 bridgehead atoms. The third-order valence-corrected chi connectivity index (χ3v) is 4.39. The number of benzene rings is 1. The van der Waals surface area contributed by atoms with Crippen LogP contribution in [0.1, 0.15) is 6.92 Å². The highest BCUT2D eigenvalue weighted by Crippen LogP contribution is 2.15. The Morgan fingerprint density at radius 2 is 1.81 bits per heavy atom. The van der Waals surface area contributed by atoms with Gasteiger partial charge in [0.15, 0.2) is 0 Å². The molecule has 0 radical (unpaired) electrons. The quantitative estimate of drug-likeness (QED) is 0.865. The Morgan fingerprint density at radius 1 is 1.12 bits per heavy atom. The predicted molar refractivity (Wildman–Crippen MR) is 100 cm³/mol. The van der Waals surface area contributed by atoms with Crippen LogP contribution in [0.3, 0.4) is 0 Å². The second kappa shape index (κ2) is 7.90. The molecule has 1 atom stereocenters. The van der Waals surface area contributed by atoms with Gasteiger partial charge in [-0.1, -0.05) is 18.2 Å². The third kappa shape index (κ3) is 4.33. The first kappa shape index (κ1) is 17.8. The standard InChI is InChI=1S/C18H24N6O2/c1-14(17(25)21-15-12-19-22(2)13-15)20-18(26)24-10-8-23(9-11-24)16-6-4-3-5-7-16/h3-7,12-14H,8-11H2,1-2H3,(H,20,26)(H,21,25)/t14-/m0/s1. The lowest BCUT2D eigenvalue weighted by Crippen LogP contribution is -2.54. The van der Waals surface area contributed by atoms with Gasteiger partial charge in [0.2, 0.25) is 5.91 Å². The fraction of sp³-hybridized carbons (Fsp3) is 0.389. The molecule has 1 fully saturated rings. The fourth-order valence-corrected chi connectivity index (χ4v) is 2.88. The highest BCUT2D eigenvalue weighted by Gasteiger charge is 2.24. The molecule has 0 saturated carbocycles. The maximum absolute atomic E-state index is 12.4. The molecular weight excluding hydrogens is 332 g/mol. The molecule has 3 amide bonds. The van der Waals surface area contributed by atoms with E-state index in [0.29, 0.717) is 18.8 Å². The first-order valence-electron chi connectivity index (χ1n) is 8.68. The summed E-state index contributed by atoms with van der Waals surface area (Å²) in [5, 5.41) is 9.49. The Balaban J connectivity index is 1.47. The van der Waals surface area contributed by atoms with Crippen LogP contribution in [-0.2, 0) is 11.8 Å². The van der Waals surface area contributed by atoms with E-state index in [1.807, 2.05) is 18.2 Å². The molecule has 2 N–H and O–H groups in total. The number of nitrogens with zero attached hydrogens (tertiary/aromatic N) is 4. The van der Waals surface area contributed by atoms with Gasteiger partial charge in [0.05, 0.1) is 11.9 Å². The maximum atomic E-state index is 12.4. The lowest BCUT2D eigenvalue weighted by atomic mass is 10.2. The molecule has 3 rings (SSSR count). The molecule has 0 spiro atoms. The average molecular weight is 356 g/mol. The van der Waals surface area contributed by atoms with E-state index in [1.165, 1.54) is 0 Å². The number of carbonyl (C=O) groups excluding carboxylic acids is 2. The Bertz CT molecular complexity index is 752. The summed E-state index contributed by atoms with van der Waals surface area (Å²) in [7, 11) is 1.77. The molecule has 1 saturated heterocycles. The smallest absolute Gasteiger partial charge is 0.318 e. The minimum absolute atomic E-state index is 0.216. The molecule has 1 aliphatic rings. The van der Waals surface area contributed by atoms with Gasteiger partial charge in [0, 0.05) is 45.1 Å². The van der Waals surface area contributed by atoms with E-state index in [-0.39, 0.29) is 11.9 Å². The predicted octanol–water partition coefficient (Wildman–Crippen LogP) is 1.28. The van der Waals surface area contributed by atoms with Crippen molar-refractivity contribution in [2.45, 2.75) is 13.0 Å². The number of piperazine rings is 1. The second-order valence-corrected chi connectivity index (χ2v) is 6.37. The Hall–Kier alpha value is -3.03. The van der Waals surface area contributed by atoms with Gasteiger partial charge in [-0.15, -0.1) is 0 Å². The van der Waals surface area contributed by atoms with Crippen LogP contribution in [0.2, 0.25) is 0 Å². The average Bonchev–Trinajstić information content (AvgIpc) is 3.07. The van der Waals surface area contributed by atoms with Crippen molar-refractivity contribution in [1.29, 1.82) is 0 Å². The van der Waals surface area contributed by atoms with E-state index < -0.39 is 6.04 Å². The van der Waals surface area contributed by atoms with Crippen LogP contribution in [0.5, 0.6) is 0 Å². The molecule has 1 aromatic heterocycles. The van der Waals surface area contributed by atoms with Gasteiger partial charge in [-0.2, -0.15) is 5.10 Å². The SMILES string of the molecule is C[C@H](NC(=O)N1CCN(c2ccccc2)CC1)C(=O)Nc1cnn(C)c1. The summed E-state index contributed by atoms with van der Waals surface area (Å²) in [6, 6.07) is 9.31. The highest BCUT2D eigenvalue weighted by molar-refractivity contribution is 5.96. The molecule has 2 aromatic rings. The normalized spacial score (nSPS) is 15.5. The number of anilines is 2. The molecule has 8 nitrogen and oxygen atoms in total. The van der Waals surface area contributed by atoms with E-state index in [2.05, 4.69) is 32.8 Å². The summed E-state index contributed by atoms with van der Waals surface area (Å²) in [6.45, 7) is 4.46. The summed E-state index contributed by atoms with van der Waals surface area (Å²) in [5.74, 6) is -0.269. The minimum atomic E-state index is -0.630. The number of carbonyl (C=O) groups is 2. The van der Waals surface area contributed by atoms with Crippen molar-refractivity contribution >= 4 is 23.3 Å². The Labute approximate surface area is 152 Å². The van der Waals surface area contributed by atoms with Crippen molar-refractivity contribution in [3.05, 3.63) is 42.7 Å². The van der Waals surface area contributed by atoms with Crippen LogP contribution in [-0.4, -0.2) is 58.8 Å². The number of nitrogens with one attached hydrogen (secondary N) is 2. The molecule has 8 heteroatoms. The van der Waals surface area contributed by atoms with Crippen molar-refractivity contribution in [3.8, 4) is 0 Å². The molecule has 1 aromatic carbocycles. The van der Waals surface area contributed by atoms with Gasteiger partial charge >= 0.3 is 6.03 Å². The van der Waals surface area contributed by atoms with E-state index in [0.717, 1.165) is 18.8 Å². The first-order valence-corrected chi connectivity index (χ1v) is 8.68. The molecule has 1 aliphatic heterocycles. The van der Waals surface area contributed by atoms with Gasteiger partial charge in [-0.05, 0) is 19.1 Å². The largest absolute Gasteiger partial charge is 0.368 e. The lowest BCUT2D eigenvalue weighted by molar-refractivity contribution is -0.117. The number of amides is 3. The number of hydrogen-bond acceptors (Lipinski definition) is 4. The molecule has 26 heavy (non-hydrogen) atoms. The van der Waals surface area contributed by atoms with E-state index in [1.54, 1.807) is 35.9 Å². The van der Waals surface area contributed by atoms with Crippen molar-refractivity contribution in [2.24, 2.45) is 7.05 Å². The van der Waals surface area contributed by atoms with Crippen LogP contribution in [0.4, 0.5) is 16.2 Å². The Morgan fingerprint density at radius 3 is 2.42 bits per heavy atom. The number of aryl methyl sites for hydroxylation is 1. The molecule has 0 aliphatic carbocycles. The first-order chi connectivity index (χ1) is 12.5. The zero-order chi connectivity index (χ0) is 18.5. The van der Waals surface area contributed by atoms with Crippen LogP contribution < -0.4 is 15.5 Å². The summed E-state index contributed by atoms with van der Waals surface area (Å²) in [6.07, 6.45) is 3.27. The van der Waals surface area contributed by atoms with E-state index >= 15 is 0 Å². The monoisotopic (exact) mass is 356 g/mol. The van der Waals surface area contributed by atoms with Gasteiger partial charge in [0.1, 0.15) is 6.04 Å². The number of aromatic nitrogens is 2. The van der Waals surface area contributed by atoms with Gasteiger partial charge in [-0.3, -0.25) is 9.48 Å². The summed E-state index contributed by atoms with van der Waals surface area (Å²) < 4.78 is 1.60. The van der Waals surface area contributed by atoms with Crippen molar-refractivity contribution in [3.63, 3.8) is 0 Å². The van der Waals surface area contributed by atoms with Gasteiger partial charge in [0.25, 0.3) is 0 Å². The van der Waals surface area contributed by atoms with Gasteiger partial charge in [-0.25, -0.2) is 4.79 Å². The summed E-state index contributed by atoms with van der Waals surface area (Å²) >= 11 is 0. The number of hydrogen-bond donors (Lipinski definition) is 2. The maximum Gasteiger partial charge on any atom is 0.318 e.